The van der Waals surface area contributed by atoms with E-state index in [1.54, 1.807) is 4.57 Å². The summed E-state index contributed by atoms with van der Waals surface area (Å²) in [7, 11) is -3.86. The van der Waals surface area contributed by atoms with Crippen molar-refractivity contribution in [2.24, 2.45) is 5.41 Å². The molecule has 0 spiro atoms. The number of nitrogens with zero attached hydrogens (tertiary/aromatic N) is 2. The quantitative estimate of drug-likeness (QED) is 0.770. The zero-order valence-electron chi connectivity index (χ0n) is 11.2. The lowest BCUT2D eigenvalue weighted by Crippen LogP contribution is -2.49. The number of carboxylic acid groups (broad SMARTS) is 1. The fraction of sp³-hybridized carbons (Fsp3) is 0.636. The highest BCUT2D eigenvalue weighted by Crippen LogP contribution is 2.29. The van der Waals surface area contributed by atoms with E-state index in [-0.39, 0.29) is 18.2 Å². The molecule has 1 aliphatic rings. The van der Waals surface area contributed by atoms with E-state index in [2.05, 4.69) is 9.71 Å². The normalized spacial score (nSPS) is 26.8. The molecule has 2 rings (SSSR count). The highest BCUT2D eigenvalue weighted by Gasteiger charge is 2.48. The molecule has 112 valence electrons. The predicted molar refractivity (Wildman–Crippen MR) is 68.6 cm³/mol. The molecule has 0 aliphatic carbocycles. The summed E-state index contributed by atoms with van der Waals surface area (Å²) in [4.78, 5) is 15.1. The maximum atomic E-state index is 12.2. The zero-order valence-corrected chi connectivity index (χ0v) is 12.1. The van der Waals surface area contributed by atoms with Gasteiger partial charge in [0.15, 0.2) is 5.03 Å². The second kappa shape index (κ2) is 5.15. The average Bonchev–Trinajstić information content (AvgIpc) is 2.98. The molecular weight excluding hydrogens is 286 g/mol. The fourth-order valence-corrected chi connectivity index (χ4v) is 3.23. The van der Waals surface area contributed by atoms with Crippen molar-refractivity contribution in [3.8, 4) is 0 Å². The van der Waals surface area contributed by atoms with Crippen molar-refractivity contribution in [2.75, 3.05) is 13.2 Å². The van der Waals surface area contributed by atoms with Crippen LogP contribution in [0.1, 0.15) is 13.8 Å². The number of sulfonamides is 1. The Bertz CT molecular complexity index is 611. The van der Waals surface area contributed by atoms with Crippen molar-refractivity contribution >= 4 is 16.0 Å². The van der Waals surface area contributed by atoms with E-state index in [1.807, 2.05) is 6.92 Å². The Morgan fingerprint density at radius 1 is 1.70 bits per heavy atom. The third-order valence-electron chi connectivity index (χ3n) is 3.49. The van der Waals surface area contributed by atoms with Crippen LogP contribution in [-0.4, -0.2) is 48.3 Å². The molecule has 0 bridgehead atoms. The molecule has 20 heavy (non-hydrogen) atoms. The second-order valence-electron chi connectivity index (χ2n) is 4.95. The Balaban J connectivity index is 2.22. The number of aromatic nitrogens is 2. The minimum atomic E-state index is -3.86. The van der Waals surface area contributed by atoms with Gasteiger partial charge in [0.05, 0.1) is 25.6 Å². The van der Waals surface area contributed by atoms with Crippen LogP contribution in [0.25, 0.3) is 0 Å². The van der Waals surface area contributed by atoms with Gasteiger partial charge < -0.3 is 14.4 Å². The smallest absolute Gasteiger partial charge is 0.313 e. The lowest BCUT2D eigenvalue weighted by atomic mass is 9.86. The number of hydrogen-bond acceptors (Lipinski definition) is 5. The third-order valence-corrected chi connectivity index (χ3v) is 4.85. The second-order valence-corrected chi connectivity index (χ2v) is 6.61. The van der Waals surface area contributed by atoms with Crippen LogP contribution in [0.2, 0.25) is 0 Å². The predicted octanol–water partition coefficient (Wildman–Crippen LogP) is -0.329. The SMILES string of the molecule is CCn1cnc(S(=O)(=O)NC2COCC2(C)C(=O)O)c1. The van der Waals surface area contributed by atoms with Crippen LogP contribution in [-0.2, 0) is 26.1 Å². The number of imidazole rings is 1. The molecule has 2 atom stereocenters. The average molecular weight is 303 g/mol. The largest absolute Gasteiger partial charge is 0.481 e. The molecule has 1 fully saturated rings. The molecule has 0 amide bonds. The Kier molecular flexibility index (Phi) is 3.85. The van der Waals surface area contributed by atoms with Crippen molar-refractivity contribution in [1.29, 1.82) is 0 Å². The van der Waals surface area contributed by atoms with Crippen molar-refractivity contribution in [1.82, 2.24) is 14.3 Å². The molecule has 1 saturated heterocycles. The number of rotatable bonds is 5. The molecule has 0 saturated carbocycles. The number of aryl methyl sites for hydroxylation is 1. The molecule has 2 N–H and O–H groups in total. The number of nitrogens with one attached hydrogen (secondary N) is 1. The van der Waals surface area contributed by atoms with E-state index in [4.69, 9.17) is 4.74 Å². The maximum absolute atomic E-state index is 12.2. The Morgan fingerprint density at radius 3 is 2.95 bits per heavy atom. The fourth-order valence-electron chi connectivity index (χ4n) is 1.95. The van der Waals surface area contributed by atoms with Gasteiger partial charge in [0.25, 0.3) is 10.0 Å². The third kappa shape index (κ3) is 2.56. The summed E-state index contributed by atoms with van der Waals surface area (Å²) < 4.78 is 33.5. The number of hydrogen-bond donors (Lipinski definition) is 2. The van der Waals surface area contributed by atoms with Crippen LogP contribution < -0.4 is 4.72 Å². The highest BCUT2D eigenvalue weighted by molar-refractivity contribution is 7.89. The zero-order chi connectivity index (χ0) is 15.0. The minimum Gasteiger partial charge on any atom is -0.481 e. The van der Waals surface area contributed by atoms with Crippen LogP contribution in [0.15, 0.2) is 17.6 Å². The van der Waals surface area contributed by atoms with Crippen molar-refractivity contribution in [3.63, 3.8) is 0 Å². The van der Waals surface area contributed by atoms with Gasteiger partial charge in [0.1, 0.15) is 5.41 Å². The molecule has 1 aromatic rings. The molecule has 0 aromatic carbocycles. The van der Waals surface area contributed by atoms with Gasteiger partial charge in [-0.2, -0.15) is 0 Å². The van der Waals surface area contributed by atoms with E-state index < -0.39 is 27.4 Å². The summed E-state index contributed by atoms with van der Waals surface area (Å²) in [6.07, 6.45) is 2.81. The van der Waals surface area contributed by atoms with Crippen molar-refractivity contribution < 1.29 is 23.1 Å². The summed E-state index contributed by atoms with van der Waals surface area (Å²) in [6, 6.07) is -0.822. The van der Waals surface area contributed by atoms with E-state index >= 15 is 0 Å². The summed E-state index contributed by atoms with van der Waals surface area (Å²) in [5.41, 5.74) is -1.28. The summed E-state index contributed by atoms with van der Waals surface area (Å²) >= 11 is 0. The van der Waals surface area contributed by atoms with E-state index in [1.165, 1.54) is 19.4 Å². The highest BCUT2D eigenvalue weighted by atomic mass is 32.2. The van der Waals surface area contributed by atoms with Crippen LogP contribution in [0.4, 0.5) is 0 Å². The summed E-state index contributed by atoms with van der Waals surface area (Å²) in [6.45, 7) is 3.91. The van der Waals surface area contributed by atoms with Crippen LogP contribution in [0, 0.1) is 5.41 Å². The molecule has 8 nitrogen and oxygen atoms in total. The summed E-state index contributed by atoms with van der Waals surface area (Å²) in [5, 5.41) is 9.09. The molecule has 2 heterocycles. The summed E-state index contributed by atoms with van der Waals surface area (Å²) in [5.74, 6) is -1.10. The Morgan fingerprint density at radius 2 is 2.40 bits per heavy atom. The maximum Gasteiger partial charge on any atom is 0.313 e. The van der Waals surface area contributed by atoms with Gasteiger partial charge >= 0.3 is 5.97 Å². The number of aliphatic carboxylic acids is 1. The van der Waals surface area contributed by atoms with E-state index in [9.17, 15) is 18.3 Å². The Labute approximate surface area is 116 Å². The first-order valence-corrected chi connectivity index (χ1v) is 7.63. The van der Waals surface area contributed by atoms with Gasteiger partial charge in [-0.1, -0.05) is 0 Å². The topological polar surface area (TPSA) is 111 Å². The first-order chi connectivity index (χ1) is 9.29. The number of carboxylic acids is 1. The molecule has 1 aliphatic heterocycles. The van der Waals surface area contributed by atoms with E-state index in [0.717, 1.165) is 0 Å². The number of carbonyl (C=O) groups is 1. The molecule has 9 heteroatoms. The lowest BCUT2D eigenvalue weighted by molar-refractivity contribution is -0.148. The molecule has 0 radical (unpaired) electrons. The molecule has 1 aromatic heterocycles. The molecular formula is C11H17N3O5S. The first-order valence-electron chi connectivity index (χ1n) is 6.15. The van der Waals surface area contributed by atoms with E-state index in [0.29, 0.717) is 6.54 Å². The van der Waals surface area contributed by atoms with Gasteiger partial charge in [-0.3, -0.25) is 4.79 Å². The van der Waals surface area contributed by atoms with Gasteiger partial charge in [-0.25, -0.2) is 18.1 Å². The van der Waals surface area contributed by atoms with Crippen LogP contribution in [0.5, 0.6) is 0 Å². The molecule has 2 unspecified atom stereocenters. The van der Waals surface area contributed by atoms with Gasteiger partial charge in [-0.05, 0) is 13.8 Å². The lowest BCUT2D eigenvalue weighted by Gasteiger charge is -2.24. The minimum absolute atomic E-state index is 0.0243. The van der Waals surface area contributed by atoms with Crippen LogP contribution >= 0.6 is 0 Å². The Hall–Kier alpha value is -1.45. The van der Waals surface area contributed by atoms with Gasteiger partial charge in [0.2, 0.25) is 0 Å². The van der Waals surface area contributed by atoms with Gasteiger partial charge in [0, 0.05) is 12.7 Å². The van der Waals surface area contributed by atoms with Crippen LogP contribution in [0.3, 0.4) is 0 Å². The first kappa shape index (κ1) is 14.9. The standard InChI is InChI=1S/C11H17N3O5S/c1-3-14-4-9(12-7-14)20(17,18)13-8-5-19-6-11(8,2)10(15)16/h4,7-8,13H,3,5-6H2,1-2H3,(H,15,16). The number of ether oxygens (including phenoxy) is 1. The van der Waals surface area contributed by atoms with Crippen molar-refractivity contribution in [3.05, 3.63) is 12.5 Å². The monoisotopic (exact) mass is 303 g/mol. The van der Waals surface area contributed by atoms with Gasteiger partial charge in [-0.15, -0.1) is 0 Å². The van der Waals surface area contributed by atoms with Crippen molar-refractivity contribution in [2.45, 2.75) is 31.5 Å².